The number of aliphatic hydroxyl groups excluding tert-OH is 2. The van der Waals surface area contributed by atoms with Crippen LogP contribution >= 0.6 is 0 Å². The molecule has 1 aromatic heterocycles. The Labute approximate surface area is 228 Å². The van der Waals surface area contributed by atoms with Gasteiger partial charge in [0, 0.05) is 35.6 Å². The van der Waals surface area contributed by atoms with Gasteiger partial charge in [-0.25, -0.2) is 0 Å². The first-order chi connectivity index (χ1) is 19.0. The lowest BCUT2D eigenvalue weighted by Crippen LogP contribution is -2.32. The van der Waals surface area contributed by atoms with Gasteiger partial charge in [0.05, 0.1) is 12.7 Å². The fourth-order valence-electron chi connectivity index (χ4n) is 4.36. The quantitative estimate of drug-likeness (QED) is 0.162. The van der Waals surface area contributed by atoms with E-state index in [1.807, 2.05) is 25.1 Å². The predicted molar refractivity (Wildman–Crippen MR) is 143 cm³/mol. The maximum atomic E-state index is 12.7. The fourth-order valence-corrected chi connectivity index (χ4v) is 4.36. The Kier molecular flexibility index (Phi) is 8.98. The lowest BCUT2D eigenvalue weighted by Gasteiger charge is -2.18. The number of amides is 1. The number of hydrogen-bond donors (Lipinski definition) is 6. The average Bonchev–Trinajstić information content (AvgIpc) is 3.33. The van der Waals surface area contributed by atoms with Crippen molar-refractivity contribution in [2.24, 2.45) is 0 Å². The predicted octanol–water partition coefficient (Wildman–Crippen LogP) is 4.45. The van der Waals surface area contributed by atoms with E-state index in [9.17, 15) is 33.3 Å². The summed E-state index contributed by atoms with van der Waals surface area (Å²) in [7, 11) is 0. The molecule has 0 aliphatic carbocycles. The molecule has 0 saturated heterocycles. The summed E-state index contributed by atoms with van der Waals surface area (Å²) < 4.78 is 41.3. The zero-order chi connectivity index (χ0) is 28.9. The van der Waals surface area contributed by atoms with E-state index in [-0.39, 0.29) is 37.2 Å². The highest BCUT2D eigenvalue weighted by Gasteiger charge is 2.31. The zero-order valence-electron chi connectivity index (χ0n) is 21.6. The van der Waals surface area contributed by atoms with Gasteiger partial charge in [-0.1, -0.05) is 24.3 Å². The van der Waals surface area contributed by atoms with Crippen molar-refractivity contribution < 1.29 is 38.0 Å². The second kappa shape index (κ2) is 12.4. The van der Waals surface area contributed by atoms with Crippen molar-refractivity contribution in [1.82, 2.24) is 15.6 Å². The number of fused-ring (bicyclic) bond motifs is 1. The molecule has 6 N–H and O–H groups in total. The summed E-state index contributed by atoms with van der Waals surface area (Å²) in [6, 6.07) is 17.5. The van der Waals surface area contributed by atoms with Gasteiger partial charge in [-0.15, -0.1) is 13.2 Å². The van der Waals surface area contributed by atoms with Gasteiger partial charge < -0.3 is 35.7 Å². The smallest absolute Gasteiger partial charge is 0.508 e. The molecule has 0 saturated carbocycles. The first-order valence-electron chi connectivity index (χ1n) is 12.6. The summed E-state index contributed by atoms with van der Waals surface area (Å²) in [5, 5.41) is 36.3. The van der Waals surface area contributed by atoms with E-state index in [2.05, 4.69) is 20.4 Å². The summed E-state index contributed by atoms with van der Waals surface area (Å²) in [6.45, 7) is 1.96. The molecule has 1 heterocycles. The van der Waals surface area contributed by atoms with Crippen LogP contribution in [-0.4, -0.2) is 45.2 Å². The van der Waals surface area contributed by atoms with Crippen LogP contribution in [0.15, 0.2) is 66.7 Å². The Morgan fingerprint density at radius 1 is 1.05 bits per heavy atom. The summed E-state index contributed by atoms with van der Waals surface area (Å²) in [4.78, 5) is 15.7. The molecule has 4 aromatic rings. The van der Waals surface area contributed by atoms with E-state index in [4.69, 9.17) is 0 Å². The van der Waals surface area contributed by atoms with E-state index in [1.54, 1.807) is 24.3 Å². The molecule has 8 nitrogen and oxygen atoms in total. The first kappa shape index (κ1) is 28.9. The van der Waals surface area contributed by atoms with Crippen molar-refractivity contribution in [2.45, 2.75) is 45.0 Å². The third-order valence-electron chi connectivity index (χ3n) is 6.38. The van der Waals surface area contributed by atoms with Crippen molar-refractivity contribution in [1.29, 1.82) is 0 Å². The Balaban J connectivity index is 1.32. The van der Waals surface area contributed by atoms with Crippen LogP contribution in [0.1, 0.15) is 45.8 Å². The van der Waals surface area contributed by atoms with Gasteiger partial charge >= 0.3 is 6.36 Å². The minimum atomic E-state index is -4.79. The van der Waals surface area contributed by atoms with Gasteiger partial charge in [-0.05, 0) is 72.5 Å². The van der Waals surface area contributed by atoms with Crippen molar-refractivity contribution >= 4 is 16.8 Å². The van der Waals surface area contributed by atoms with Gasteiger partial charge in [0.1, 0.15) is 17.2 Å². The Hall–Kier alpha value is -4.06. The van der Waals surface area contributed by atoms with Crippen LogP contribution in [-0.2, 0) is 19.6 Å². The minimum absolute atomic E-state index is 0.0142. The number of carbonyl (C=O) groups excluding carboxylic acids is 1. The summed E-state index contributed by atoms with van der Waals surface area (Å²) >= 11 is 0. The second-order valence-electron chi connectivity index (χ2n) is 9.56. The highest BCUT2D eigenvalue weighted by Crippen LogP contribution is 2.24. The number of H-pyrrole nitrogens is 1. The van der Waals surface area contributed by atoms with Gasteiger partial charge in [-0.2, -0.15) is 0 Å². The van der Waals surface area contributed by atoms with E-state index < -0.39 is 18.4 Å². The van der Waals surface area contributed by atoms with Crippen LogP contribution < -0.4 is 15.4 Å². The number of alkyl halides is 3. The van der Waals surface area contributed by atoms with Crippen LogP contribution in [0.4, 0.5) is 13.2 Å². The molecule has 2 atom stereocenters. The molecule has 0 fully saturated rings. The number of halogens is 3. The Morgan fingerprint density at radius 3 is 2.60 bits per heavy atom. The highest BCUT2D eigenvalue weighted by atomic mass is 19.4. The van der Waals surface area contributed by atoms with Gasteiger partial charge in [0.15, 0.2) is 0 Å². The molecule has 0 aliphatic rings. The van der Waals surface area contributed by atoms with Gasteiger partial charge in [0.2, 0.25) is 0 Å². The van der Waals surface area contributed by atoms with E-state index in [0.29, 0.717) is 28.8 Å². The minimum Gasteiger partial charge on any atom is -0.508 e. The second-order valence-corrected chi connectivity index (χ2v) is 9.56. The largest absolute Gasteiger partial charge is 0.573 e. The standard InChI is InChI=1S/C29H30F3N3O5/c1-17(33-15-27(38)20-6-8-26(37)22(12-20)16-36)9-18-5-7-24-21(10-18)13-25(35-24)28(39)34-14-19-3-2-4-23(11-19)40-29(30,31)32/h2-8,10-13,17,27,33,35-38H,9,14-16H2,1H3,(H,34,39)/t17-,27+/m1/s1. The maximum absolute atomic E-state index is 12.7. The maximum Gasteiger partial charge on any atom is 0.573 e. The van der Waals surface area contributed by atoms with Gasteiger partial charge in [-0.3, -0.25) is 4.79 Å². The van der Waals surface area contributed by atoms with E-state index in [0.717, 1.165) is 16.5 Å². The van der Waals surface area contributed by atoms with Crippen molar-refractivity contribution in [2.75, 3.05) is 6.54 Å². The molecule has 0 radical (unpaired) electrons. The molecule has 0 aliphatic heterocycles. The number of nitrogens with one attached hydrogen (secondary N) is 3. The molecule has 0 bridgehead atoms. The van der Waals surface area contributed by atoms with Crippen LogP contribution in [0.5, 0.6) is 11.5 Å². The number of rotatable bonds is 11. The normalized spacial score (nSPS) is 13.2. The van der Waals surface area contributed by atoms with E-state index >= 15 is 0 Å². The highest BCUT2D eigenvalue weighted by molar-refractivity contribution is 5.98. The SMILES string of the molecule is C[C@H](Cc1ccc2[nH]c(C(=O)NCc3cccc(OC(F)(F)F)c3)cc2c1)NC[C@H](O)c1ccc(O)c(CO)c1. The lowest BCUT2D eigenvalue weighted by molar-refractivity contribution is -0.274. The third kappa shape index (κ3) is 7.75. The van der Waals surface area contributed by atoms with Crippen molar-refractivity contribution in [3.05, 3.63) is 94.7 Å². The van der Waals surface area contributed by atoms with Crippen LogP contribution in [0.25, 0.3) is 10.9 Å². The number of aromatic amines is 1. The molecule has 3 aromatic carbocycles. The summed E-state index contributed by atoms with van der Waals surface area (Å²) in [6.07, 6.45) is -4.95. The molecular weight excluding hydrogens is 527 g/mol. The molecule has 1 amide bonds. The molecule has 0 unspecified atom stereocenters. The van der Waals surface area contributed by atoms with Crippen molar-refractivity contribution in [3.8, 4) is 11.5 Å². The summed E-state index contributed by atoms with van der Waals surface area (Å²) in [5.41, 5.74) is 3.49. The molecule has 40 heavy (non-hydrogen) atoms. The first-order valence-corrected chi connectivity index (χ1v) is 12.6. The average molecular weight is 558 g/mol. The number of carbonyl (C=O) groups is 1. The fraction of sp³-hybridized carbons (Fsp3) is 0.276. The number of aromatic hydroxyl groups is 1. The van der Waals surface area contributed by atoms with Crippen molar-refractivity contribution in [3.63, 3.8) is 0 Å². The lowest BCUT2D eigenvalue weighted by atomic mass is 10.0. The third-order valence-corrected chi connectivity index (χ3v) is 6.38. The van der Waals surface area contributed by atoms with Crippen LogP contribution in [0, 0.1) is 0 Å². The van der Waals surface area contributed by atoms with Crippen LogP contribution in [0.3, 0.4) is 0 Å². The topological polar surface area (TPSA) is 127 Å². The Morgan fingerprint density at radius 2 is 1.85 bits per heavy atom. The molecule has 4 rings (SSSR count). The number of phenols is 1. The number of benzene rings is 3. The van der Waals surface area contributed by atoms with E-state index in [1.165, 1.54) is 24.3 Å². The number of ether oxygens (including phenoxy) is 1. The number of aromatic nitrogens is 1. The Bertz CT molecular complexity index is 1470. The number of hydrogen-bond acceptors (Lipinski definition) is 6. The molecular formula is C29H30F3N3O5. The number of aliphatic hydroxyl groups is 2. The monoisotopic (exact) mass is 557 g/mol. The molecule has 11 heteroatoms. The zero-order valence-corrected chi connectivity index (χ0v) is 21.6. The summed E-state index contributed by atoms with van der Waals surface area (Å²) in [5.74, 6) is -0.778. The van der Waals surface area contributed by atoms with Crippen LogP contribution in [0.2, 0.25) is 0 Å². The molecule has 212 valence electrons. The van der Waals surface area contributed by atoms with Gasteiger partial charge in [0.25, 0.3) is 5.91 Å². The molecule has 0 spiro atoms.